The van der Waals surface area contributed by atoms with Gasteiger partial charge in [0.15, 0.2) is 0 Å². The predicted octanol–water partition coefficient (Wildman–Crippen LogP) is 3.34. The number of hydrogen-bond donors (Lipinski definition) is 1. The Labute approximate surface area is 121 Å². The summed E-state index contributed by atoms with van der Waals surface area (Å²) >= 11 is 1.78. The van der Waals surface area contributed by atoms with Gasteiger partial charge in [0.05, 0.1) is 5.92 Å². The van der Waals surface area contributed by atoms with Crippen LogP contribution in [-0.2, 0) is 11.3 Å². The van der Waals surface area contributed by atoms with Crippen LogP contribution in [0, 0.1) is 5.92 Å². The van der Waals surface area contributed by atoms with Gasteiger partial charge < -0.3 is 5.11 Å². The lowest BCUT2D eigenvalue weighted by Gasteiger charge is -2.22. The van der Waals surface area contributed by atoms with Gasteiger partial charge in [-0.3, -0.25) is 9.69 Å². The molecule has 2 aromatic rings. The maximum absolute atomic E-state index is 11.3. The highest BCUT2D eigenvalue weighted by molar-refractivity contribution is 7.17. The van der Waals surface area contributed by atoms with Crippen LogP contribution in [0.25, 0.3) is 10.1 Å². The van der Waals surface area contributed by atoms with Crippen LogP contribution in [0.3, 0.4) is 0 Å². The van der Waals surface area contributed by atoms with Gasteiger partial charge in [-0.25, -0.2) is 0 Å². The van der Waals surface area contributed by atoms with E-state index in [1.165, 1.54) is 15.6 Å². The number of carboxylic acids is 1. The average molecular weight is 287 g/mol. The zero-order valence-corrected chi connectivity index (χ0v) is 12.0. The van der Waals surface area contributed by atoms with Crippen LogP contribution in [0.2, 0.25) is 0 Å². The number of thiophene rings is 1. The SMILES string of the molecule is O=C(O)C1CC2CCC1N2Cc1csc2ccccc12. The molecule has 104 valence electrons. The van der Waals surface area contributed by atoms with Crippen LogP contribution < -0.4 is 0 Å². The first-order valence-corrected chi connectivity index (χ1v) is 8.05. The Bertz CT molecular complexity index is 665. The minimum Gasteiger partial charge on any atom is -0.481 e. The molecule has 3 heterocycles. The predicted molar refractivity (Wildman–Crippen MR) is 79.9 cm³/mol. The van der Waals surface area contributed by atoms with Gasteiger partial charge in [0, 0.05) is 23.3 Å². The summed E-state index contributed by atoms with van der Waals surface area (Å²) < 4.78 is 1.32. The van der Waals surface area contributed by atoms with Crippen molar-refractivity contribution >= 4 is 27.4 Å². The van der Waals surface area contributed by atoms with Crippen molar-refractivity contribution in [3.05, 3.63) is 35.2 Å². The van der Waals surface area contributed by atoms with Gasteiger partial charge in [0.25, 0.3) is 0 Å². The van der Waals surface area contributed by atoms with E-state index >= 15 is 0 Å². The second-order valence-corrected chi connectivity index (χ2v) is 6.82. The van der Waals surface area contributed by atoms with Crippen LogP contribution in [0.5, 0.6) is 0 Å². The first kappa shape index (κ1) is 12.4. The van der Waals surface area contributed by atoms with Crippen LogP contribution in [0.15, 0.2) is 29.6 Å². The molecule has 0 aliphatic carbocycles. The Kier molecular flexibility index (Phi) is 2.82. The van der Waals surface area contributed by atoms with Crippen molar-refractivity contribution < 1.29 is 9.90 Å². The number of fused-ring (bicyclic) bond motifs is 3. The maximum Gasteiger partial charge on any atom is 0.308 e. The van der Waals surface area contributed by atoms with Gasteiger partial charge in [-0.05, 0) is 41.7 Å². The minimum absolute atomic E-state index is 0.154. The molecule has 4 rings (SSSR count). The van der Waals surface area contributed by atoms with Gasteiger partial charge in [-0.2, -0.15) is 0 Å². The number of aliphatic carboxylic acids is 1. The van der Waals surface area contributed by atoms with E-state index in [9.17, 15) is 9.90 Å². The molecule has 3 nitrogen and oxygen atoms in total. The molecule has 0 radical (unpaired) electrons. The van der Waals surface area contributed by atoms with E-state index in [2.05, 4.69) is 34.5 Å². The molecular weight excluding hydrogens is 270 g/mol. The van der Waals surface area contributed by atoms with E-state index in [4.69, 9.17) is 0 Å². The molecule has 2 bridgehead atoms. The molecule has 1 aromatic carbocycles. The summed E-state index contributed by atoms with van der Waals surface area (Å²) in [6.45, 7) is 0.906. The van der Waals surface area contributed by atoms with Crippen molar-refractivity contribution in [2.45, 2.75) is 37.9 Å². The molecule has 2 saturated heterocycles. The largest absolute Gasteiger partial charge is 0.481 e. The monoisotopic (exact) mass is 287 g/mol. The highest BCUT2D eigenvalue weighted by Gasteiger charge is 2.49. The van der Waals surface area contributed by atoms with E-state index in [1.807, 2.05) is 0 Å². The second kappa shape index (κ2) is 4.57. The first-order chi connectivity index (χ1) is 9.74. The quantitative estimate of drug-likeness (QED) is 0.941. The molecule has 3 atom stereocenters. The normalized spacial score (nSPS) is 29.3. The Morgan fingerprint density at radius 3 is 3.00 bits per heavy atom. The van der Waals surface area contributed by atoms with Crippen LogP contribution in [0.4, 0.5) is 0 Å². The minimum atomic E-state index is -0.614. The Hall–Kier alpha value is -1.39. The Balaban J connectivity index is 1.62. The van der Waals surface area contributed by atoms with Crippen molar-refractivity contribution in [1.82, 2.24) is 4.90 Å². The maximum atomic E-state index is 11.3. The number of carbonyl (C=O) groups is 1. The highest BCUT2D eigenvalue weighted by atomic mass is 32.1. The highest BCUT2D eigenvalue weighted by Crippen LogP contribution is 2.43. The third-order valence-electron chi connectivity index (χ3n) is 4.91. The molecule has 20 heavy (non-hydrogen) atoms. The number of benzene rings is 1. The molecule has 2 aliphatic rings. The summed E-state index contributed by atoms with van der Waals surface area (Å²) in [5.41, 5.74) is 1.36. The fourth-order valence-corrected chi connectivity index (χ4v) is 4.92. The topological polar surface area (TPSA) is 40.5 Å². The summed E-state index contributed by atoms with van der Waals surface area (Å²) in [5, 5.41) is 12.9. The number of carboxylic acid groups (broad SMARTS) is 1. The van der Waals surface area contributed by atoms with Crippen molar-refractivity contribution in [1.29, 1.82) is 0 Å². The van der Waals surface area contributed by atoms with Crippen LogP contribution >= 0.6 is 11.3 Å². The summed E-state index contributed by atoms with van der Waals surface area (Å²) in [4.78, 5) is 13.8. The third-order valence-corrected chi connectivity index (χ3v) is 5.92. The van der Waals surface area contributed by atoms with Crippen molar-refractivity contribution in [3.63, 3.8) is 0 Å². The van der Waals surface area contributed by atoms with Crippen molar-refractivity contribution in [3.8, 4) is 0 Å². The van der Waals surface area contributed by atoms with Crippen molar-refractivity contribution in [2.75, 3.05) is 0 Å². The molecule has 1 aromatic heterocycles. The number of hydrogen-bond acceptors (Lipinski definition) is 3. The van der Waals surface area contributed by atoms with Crippen molar-refractivity contribution in [2.24, 2.45) is 5.92 Å². The van der Waals surface area contributed by atoms with E-state index in [0.717, 1.165) is 25.8 Å². The number of rotatable bonds is 3. The summed E-state index contributed by atoms with van der Waals surface area (Å²) in [7, 11) is 0. The Morgan fingerprint density at radius 1 is 1.35 bits per heavy atom. The lowest BCUT2D eigenvalue weighted by molar-refractivity contribution is -0.142. The van der Waals surface area contributed by atoms with E-state index < -0.39 is 5.97 Å². The first-order valence-electron chi connectivity index (χ1n) is 7.17. The van der Waals surface area contributed by atoms with Crippen LogP contribution in [-0.4, -0.2) is 28.1 Å². The van der Waals surface area contributed by atoms with Crippen LogP contribution in [0.1, 0.15) is 24.8 Å². The zero-order chi connectivity index (χ0) is 13.7. The fourth-order valence-electron chi connectivity index (χ4n) is 3.97. The van der Waals surface area contributed by atoms with Gasteiger partial charge in [-0.15, -0.1) is 11.3 Å². The third kappa shape index (κ3) is 1.79. The fraction of sp³-hybridized carbons (Fsp3) is 0.438. The molecule has 4 heteroatoms. The molecule has 0 amide bonds. The molecule has 0 saturated carbocycles. The second-order valence-electron chi connectivity index (χ2n) is 5.91. The van der Waals surface area contributed by atoms with Gasteiger partial charge in [0.1, 0.15) is 0 Å². The lowest BCUT2D eigenvalue weighted by Crippen LogP contribution is -2.32. The molecule has 2 aliphatic heterocycles. The van der Waals surface area contributed by atoms with Gasteiger partial charge >= 0.3 is 5.97 Å². The van der Waals surface area contributed by atoms with E-state index in [-0.39, 0.29) is 12.0 Å². The standard InChI is InChI=1S/C16H17NO2S/c18-16(19)13-7-11-5-6-14(13)17(11)8-10-9-20-15-4-2-1-3-12(10)15/h1-4,9,11,13-14H,5-8H2,(H,18,19). The number of nitrogens with zero attached hydrogens (tertiary/aromatic N) is 1. The summed E-state index contributed by atoms with van der Waals surface area (Å²) in [6, 6.07) is 9.20. The van der Waals surface area contributed by atoms with Gasteiger partial charge in [0.2, 0.25) is 0 Å². The summed E-state index contributed by atoms with van der Waals surface area (Å²) in [5.74, 6) is -0.768. The zero-order valence-electron chi connectivity index (χ0n) is 11.2. The Morgan fingerprint density at radius 2 is 2.20 bits per heavy atom. The molecular formula is C16H17NO2S. The molecule has 1 N–H and O–H groups in total. The lowest BCUT2D eigenvalue weighted by atomic mass is 9.89. The summed E-state index contributed by atoms with van der Waals surface area (Å²) in [6.07, 6.45) is 3.04. The van der Waals surface area contributed by atoms with E-state index in [1.54, 1.807) is 11.3 Å². The molecule has 3 unspecified atom stereocenters. The molecule has 0 spiro atoms. The van der Waals surface area contributed by atoms with Gasteiger partial charge in [-0.1, -0.05) is 18.2 Å². The smallest absolute Gasteiger partial charge is 0.308 e. The van der Waals surface area contributed by atoms with E-state index in [0.29, 0.717) is 6.04 Å². The average Bonchev–Trinajstić information content (AvgIpc) is 3.13. The molecule has 2 fully saturated rings.